The fourth-order valence-corrected chi connectivity index (χ4v) is 6.09. The molecule has 4 heterocycles. The fourth-order valence-electron chi connectivity index (χ4n) is 6.09. The molecule has 2 aliphatic heterocycles. The third-order valence-corrected chi connectivity index (χ3v) is 8.35. The summed E-state index contributed by atoms with van der Waals surface area (Å²) in [7, 11) is 0. The number of aromatic nitrogens is 2. The van der Waals surface area contributed by atoms with Crippen LogP contribution in [0.1, 0.15) is 48.2 Å². The molecule has 234 valence electrons. The third-order valence-electron chi connectivity index (χ3n) is 8.35. The molecule has 12 heteroatoms. The van der Waals surface area contributed by atoms with E-state index >= 15 is 0 Å². The number of benzene rings is 2. The van der Waals surface area contributed by atoms with Gasteiger partial charge in [0, 0.05) is 35.8 Å². The summed E-state index contributed by atoms with van der Waals surface area (Å²) in [5, 5.41) is 3.86. The maximum absolute atomic E-state index is 13.9. The van der Waals surface area contributed by atoms with Crippen molar-refractivity contribution in [2.24, 2.45) is 5.41 Å². The highest BCUT2D eigenvalue weighted by Gasteiger charge is 2.50. The fraction of sp³-hybridized carbons (Fsp3) is 0.333. The van der Waals surface area contributed by atoms with Crippen LogP contribution in [-0.2, 0) is 4.79 Å². The van der Waals surface area contributed by atoms with E-state index in [1.807, 2.05) is 45.0 Å². The van der Waals surface area contributed by atoms with Crippen molar-refractivity contribution in [2.75, 3.05) is 13.1 Å². The third kappa shape index (κ3) is 6.22. The number of likely N-dealkylation sites (tertiary alicyclic amines) is 2. The van der Waals surface area contributed by atoms with E-state index in [0.717, 1.165) is 10.9 Å². The van der Waals surface area contributed by atoms with Crippen molar-refractivity contribution in [3.8, 4) is 16.9 Å². The van der Waals surface area contributed by atoms with Crippen LogP contribution in [0.2, 0.25) is 0 Å². The van der Waals surface area contributed by atoms with E-state index in [1.54, 1.807) is 28.0 Å². The van der Waals surface area contributed by atoms with E-state index < -0.39 is 17.8 Å². The number of amides is 3. The van der Waals surface area contributed by atoms with E-state index in [1.165, 1.54) is 30.5 Å². The minimum absolute atomic E-state index is 0.180. The Kier molecular flexibility index (Phi) is 7.54. The number of H-pyrrole nitrogens is 1. The van der Waals surface area contributed by atoms with Crippen molar-refractivity contribution in [3.63, 3.8) is 0 Å². The Morgan fingerprint density at radius 2 is 1.60 bits per heavy atom. The summed E-state index contributed by atoms with van der Waals surface area (Å²) < 4.78 is 41.2. The van der Waals surface area contributed by atoms with Crippen LogP contribution in [0.25, 0.3) is 22.0 Å². The molecule has 0 saturated carbocycles. The second kappa shape index (κ2) is 11.2. The summed E-state index contributed by atoms with van der Waals surface area (Å²) in [5.41, 5.74) is 2.14. The predicted octanol–water partition coefficient (Wildman–Crippen LogP) is 5.40. The number of hydrogen-bond acceptors (Lipinski definition) is 5. The van der Waals surface area contributed by atoms with E-state index in [9.17, 15) is 27.6 Å². The van der Waals surface area contributed by atoms with Gasteiger partial charge in [0.2, 0.25) is 5.91 Å². The van der Waals surface area contributed by atoms with Crippen molar-refractivity contribution < 1.29 is 32.3 Å². The minimum Gasteiger partial charge on any atom is -0.406 e. The average Bonchev–Trinajstić information content (AvgIpc) is 3.73. The van der Waals surface area contributed by atoms with Gasteiger partial charge in [-0.25, -0.2) is 0 Å². The zero-order valence-electron chi connectivity index (χ0n) is 24.9. The lowest BCUT2D eigenvalue weighted by Gasteiger charge is -2.39. The van der Waals surface area contributed by atoms with E-state index in [2.05, 4.69) is 20.0 Å². The van der Waals surface area contributed by atoms with Gasteiger partial charge in [0.05, 0.1) is 12.1 Å². The Balaban J connectivity index is 1.09. The number of carbonyl (C=O) groups is 3. The summed E-state index contributed by atoms with van der Waals surface area (Å²) >= 11 is 0. The van der Waals surface area contributed by atoms with Crippen LogP contribution in [-0.4, -0.2) is 75.1 Å². The molecule has 3 atom stereocenters. The first-order chi connectivity index (χ1) is 21.3. The lowest BCUT2D eigenvalue weighted by atomic mass is 9.85. The molecule has 6 rings (SSSR count). The lowest BCUT2D eigenvalue weighted by molar-refractivity contribution is -0.274. The molecule has 2 aliphatic rings. The van der Waals surface area contributed by atoms with E-state index in [4.69, 9.17) is 0 Å². The number of piperazine rings is 1. The number of ether oxygens (including phenoxy) is 1. The standard InChI is InChI=1S/C33H32F3N5O4/c1-32(2,3)28(39-29(42)27-14-20-6-4-5-7-25(20)38-27)31(44)41-18-22-15-23(41)17-40(22)30(43)26-13-10-21(16-37-26)19-8-11-24(12-9-19)45-33(34,35)36/h4-14,16,22-23,28,38H,15,17-18H2,1-3H3,(H,39,42)/t22-,23-,28+/m0/s1. The quantitative estimate of drug-likeness (QED) is 0.301. The maximum atomic E-state index is 13.9. The van der Waals surface area contributed by atoms with E-state index in [-0.39, 0.29) is 41.2 Å². The van der Waals surface area contributed by atoms with Gasteiger partial charge >= 0.3 is 6.36 Å². The monoisotopic (exact) mass is 619 g/mol. The number of nitrogens with one attached hydrogen (secondary N) is 2. The van der Waals surface area contributed by atoms with Crippen molar-refractivity contribution in [2.45, 2.75) is 51.7 Å². The number of halogens is 3. The molecule has 4 aromatic rings. The van der Waals surface area contributed by atoms with E-state index in [0.29, 0.717) is 36.3 Å². The highest BCUT2D eigenvalue weighted by Crippen LogP contribution is 2.34. The summed E-state index contributed by atoms with van der Waals surface area (Å²) in [5.74, 6) is -1.12. The normalized spacial score (nSPS) is 18.7. The van der Waals surface area contributed by atoms with Gasteiger partial charge in [-0.15, -0.1) is 13.2 Å². The number of fused-ring (bicyclic) bond motifs is 3. The van der Waals surface area contributed by atoms with Gasteiger partial charge in [0.1, 0.15) is 23.2 Å². The van der Waals surface area contributed by atoms with Gasteiger partial charge in [-0.2, -0.15) is 0 Å². The molecule has 2 N–H and O–H groups in total. The molecule has 0 radical (unpaired) electrons. The Morgan fingerprint density at radius 3 is 2.20 bits per heavy atom. The molecular formula is C33H32F3N5O4. The topological polar surface area (TPSA) is 108 Å². The summed E-state index contributed by atoms with van der Waals surface area (Å²) in [4.78, 5) is 51.4. The molecule has 0 spiro atoms. The van der Waals surface area contributed by atoms with Crippen LogP contribution < -0.4 is 10.1 Å². The molecule has 0 unspecified atom stereocenters. The van der Waals surface area contributed by atoms with Crippen molar-refractivity contribution in [3.05, 3.63) is 84.3 Å². The van der Waals surface area contributed by atoms with Gasteiger partial charge in [0.25, 0.3) is 11.8 Å². The number of rotatable bonds is 6. The minimum atomic E-state index is -4.77. The lowest BCUT2D eigenvalue weighted by Crippen LogP contribution is -2.59. The second-order valence-corrected chi connectivity index (χ2v) is 12.5. The zero-order chi connectivity index (χ0) is 32.1. The number of alkyl halides is 3. The largest absolute Gasteiger partial charge is 0.573 e. The van der Waals surface area contributed by atoms with Gasteiger partial charge in [-0.1, -0.05) is 57.2 Å². The summed E-state index contributed by atoms with van der Waals surface area (Å²) in [6.45, 7) is 6.43. The summed E-state index contributed by atoms with van der Waals surface area (Å²) in [6.07, 6.45) is -2.64. The van der Waals surface area contributed by atoms with Crippen molar-refractivity contribution in [1.82, 2.24) is 25.1 Å². The molecule has 2 aromatic heterocycles. The molecule has 9 nitrogen and oxygen atoms in total. The van der Waals surface area contributed by atoms with Crippen LogP contribution in [0.5, 0.6) is 5.75 Å². The van der Waals surface area contributed by atoms with Gasteiger partial charge in [-0.05, 0) is 47.7 Å². The number of aromatic amines is 1. The van der Waals surface area contributed by atoms with Crippen LogP contribution in [0, 0.1) is 5.41 Å². The van der Waals surface area contributed by atoms with Gasteiger partial charge in [0.15, 0.2) is 0 Å². The Labute approximate surface area is 257 Å². The Hall–Kier alpha value is -4.87. The molecule has 2 fully saturated rings. The number of hydrogen-bond donors (Lipinski definition) is 2. The van der Waals surface area contributed by atoms with Gasteiger partial charge in [-0.3, -0.25) is 19.4 Å². The molecular weight excluding hydrogens is 587 g/mol. The molecule has 2 saturated heterocycles. The molecule has 45 heavy (non-hydrogen) atoms. The zero-order valence-corrected chi connectivity index (χ0v) is 24.9. The number of carbonyl (C=O) groups excluding carboxylic acids is 3. The van der Waals surface area contributed by atoms with Crippen molar-refractivity contribution in [1.29, 1.82) is 0 Å². The summed E-state index contributed by atoms with van der Waals surface area (Å²) in [6, 6.07) is 16.9. The molecule has 3 amide bonds. The molecule has 2 aromatic carbocycles. The maximum Gasteiger partial charge on any atom is 0.573 e. The molecule has 2 bridgehead atoms. The predicted molar refractivity (Wildman–Crippen MR) is 160 cm³/mol. The van der Waals surface area contributed by atoms with Crippen LogP contribution in [0.15, 0.2) is 72.9 Å². The Morgan fingerprint density at radius 1 is 0.933 bits per heavy atom. The highest BCUT2D eigenvalue weighted by atomic mass is 19.4. The van der Waals surface area contributed by atoms with Crippen LogP contribution in [0.3, 0.4) is 0 Å². The van der Waals surface area contributed by atoms with Gasteiger partial charge < -0.3 is 24.8 Å². The van der Waals surface area contributed by atoms with Crippen LogP contribution in [0.4, 0.5) is 13.2 Å². The van der Waals surface area contributed by atoms with Crippen LogP contribution >= 0.6 is 0 Å². The average molecular weight is 620 g/mol. The second-order valence-electron chi connectivity index (χ2n) is 12.5. The first kappa shape index (κ1) is 30.2. The Bertz CT molecular complexity index is 1710. The number of nitrogens with zero attached hydrogens (tertiary/aromatic N) is 3. The molecule has 0 aliphatic carbocycles. The number of para-hydroxylation sites is 1. The smallest absolute Gasteiger partial charge is 0.406 e. The first-order valence-electron chi connectivity index (χ1n) is 14.6. The SMILES string of the molecule is CC(C)(C)[C@H](NC(=O)c1cc2ccccc2[nH]1)C(=O)N1C[C@@H]2C[C@H]1CN2C(=O)c1ccc(-c2ccc(OC(F)(F)F)cc2)cn1. The number of pyridine rings is 1. The highest BCUT2D eigenvalue weighted by molar-refractivity contribution is 6.00. The van der Waals surface area contributed by atoms with Crippen molar-refractivity contribution >= 4 is 28.6 Å². The first-order valence-corrected chi connectivity index (χ1v) is 14.6.